The van der Waals surface area contributed by atoms with Crippen LogP contribution in [0.25, 0.3) is 10.1 Å². The minimum Gasteiger partial charge on any atom is -0.396 e. The summed E-state index contributed by atoms with van der Waals surface area (Å²) in [5.74, 6) is -0.498. The number of fused-ring (bicyclic) bond motifs is 1. The van der Waals surface area contributed by atoms with Crippen LogP contribution in [0.2, 0.25) is 0 Å². The highest BCUT2D eigenvalue weighted by Crippen LogP contribution is 2.44. The predicted octanol–water partition coefficient (Wildman–Crippen LogP) is 2.54. The molecule has 0 saturated heterocycles. The van der Waals surface area contributed by atoms with Gasteiger partial charge in [0.2, 0.25) is 0 Å². The second-order valence-electron chi connectivity index (χ2n) is 5.10. The predicted molar refractivity (Wildman–Crippen MR) is 72.9 cm³/mol. The number of aliphatic hydroxyl groups excluding tert-OH is 1. The van der Waals surface area contributed by atoms with E-state index >= 15 is 0 Å². The van der Waals surface area contributed by atoms with Gasteiger partial charge in [0.15, 0.2) is 0 Å². The Morgan fingerprint density at radius 1 is 1.47 bits per heavy atom. The summed E-state index contributed by atoms with van der Waals surface area (Å²) in [6, 6.07) is 6.42. The molecule has 5 heteroatoms. The summed E-state index contributed by atoms with van der Waals surface area (Å²) in [4.78, 5) is 12.5. The molecular formula is C14H14FNO2S. The molecule has 1 fully saturated rings. The Bertz CT molecular complexity index is 633. The first-order chi connectivity index (χ1) is 9.13. The lowest BCUT2D eigenvalue weighted by atomic mass is 10.1. The Kier molecular flexibility index (Phi) is 3.03. The van der Waals surface area contributed by atoms with Crippen LogP contribution in [-0.4, -0.2) is 24.2 Å². The molecule has 2 aromatic rings. The van der Waals surface area contributed by atoms with Gasteiger partial charge in [-0.2, -0.15) is 0 Å². The van der Waals surface area contributed by atoms with E-state index in [9.17, 15) is 14.3 Å². The summed E-state index contributed by atoms with van der Waals surface area (Å²) in [5.41, 5.74) is -0.113. The smallest absolute Gasteiger partial charge is 0.261 e. The Balaban J connectivity index is 1.76. The van der Waals surface area contributed by atoms with Gasteiger partial charge in [-0.15, -0.1) is 11.3 Å². The standard InChI is InChI=1S/C14H14FNO2S/c15-10-2-1-3-11-9(10)6-12(19-11)13(18)16-7-14(8-17)4-5-14/h1-3,6,17H,4-5,7-8H2,(H,16,18). The molecule has 1 aliphatic rings. The number of rotatable bonds is 4. The molecule has 2 N–H and O–H groups in total. The Morgan fingerprint density at radius 3 is 2.89 bits per heavy atom. The zero-order valence-electron chi connectivity index (χ0n) is 10.3. The van der Waals surface area contributed by atoms with Crippen LogP contribution in [0.5, 0.6) is 0 Å². The van der Waals surface area contributed by atoms with E-state index in [1.165, 1.54) is 17.4 Å². The highest BCUT2D eigenvalue weighted by Gasteiger charge is 2.42. The van der Waals surface area contributed by atoms with Gasteiger partial charge in [-0.25, -0.2) is 4.39 Å². The first kappa shape index (κ1) is 12.6. The van der Waals surface area contributed by atoms with Crippen molar-refractivity contribution in [1.29, 1.82) is 0 Å². The number of thiophene rings is 1. The lowest BCUT2D eigenvalue weighted by Gasteiger charge is -2.11. The number of carbonyl (C=O) groups excluding carboxylic acids is 1. The number of hydrogen-bond donors (Lipinski definition) is 2. The van der Waals surface area contributed by atoms with E-state index in [2.05, 4.69) is 5.32 Å². The highest BCUT2D eigenvalue weighted by molar-refractivity contribution is 7.20. The lowest BCUT2D eigenvalue weighted by molar-refractivity contribution is 0.0939. The number of halogens is 1. The van der Waals surface area contributed by atoms with Crippen molar-refractivity contribution in [2.45, 2.75) is 12.8 Å². The molecule has 1 aliphatic carbocycles. The van der Waals surface area contributed by atoms with Gasteiger partial charge >= 0.3 is 0 Å². The summed E-state index contributed by atoms with van der Waals surface area (Å²) in [5, 5.41) is 12.5. The first-order valence-corrected chi connectivity index (χ1v) is 7.02. The molecule has 0 spiro atoms. The SMILES string of the molecule is O=C(NCC1(CO)CC1)c1cc2c(F)cccc2s1. The van der Waals surface area contributed by atoms with Gasteiger partial charge < -0.3 is 10.4 Å². The topological polar surface area (TPSA) is 49.3 Å². The fourth-order valence-corrected chi connectivity index (χ4v) is 3.05. The molecule has 1 aromatic heterocycles. The van der Waals surface area contributed by atoms with Crippen LogP contribution in [0.4, 0.5) is 4.39 Å². The third kappa shape index (κ3) is 2.35. The maximum Gasteiger partial charge on any atom is 0.261 e. The Hall–Kier alpha value is -1.46. The molecule has 1 saturated carbocycles. The van der Waals surface area contributed by atoms with Crippen molar-refractivity contribution in [3.05, 3.63) is 35.0 Å². The maximum absolute atomic E-state index is 13.5. The van der Waals surface area contributed by atoms with Crippen LogP contribution >= 0.6 is 11.3 Å². The molecule has 19 heavy (non-hydrogen) atoms. The van der Waals surface area contributed by atoms with Crippen LogP contribution < -0.4 is 5.32 Å². The molecule has 1 amide bonds. The Labute approximate surface area is 114 Å². The fraction of sp³-hybridized carbons (Fsp3) is 0.357. The van der Waals surface area contributed by atoms with Crippen LogP contribution in [0.15, 0.2) is 24.3 Å². The average molecular weight is 279 g/mol. The summed E-state index contributed by atoms with van der Waals surface area (Å²) in [6.07, 6.45) is 1.90. The van der Waals surface area contributed by atoms with Crippen molar-refractivity contribution in [3.8, 4) is 0 Å². The molecule has 100 valence electrons. The van der Waals surface area contributed by atoms with Gasteiger partial charge in [0.1, 0.15) is 5.82 Å². The summed E-state index contributed by atoms with van der Waals surface area (Å²) in [7, 11) is 0. The molecule has 0 unspecified atom stereocenters. The van der Waals surface area contributed by atoms with Gasteiger partial charge in [-0.3, -0.25) is 4.79 Å². The second kappa shape index (κ2) is 4.58. The number of nitrogens with one attached hydrogen (secondary N) is 1. The molecule has 0 aliphatic heterocycles. The van der Waals surface area contributed by atoms with Gasteiger partial charge in [0.05, 0.1) is 11.5 Å². The van der Waals surface area contributed by atoms with E-state index in [1.54, 1.807) is 18.2 Å². The summed E-state index contributed by atoms with van der Waals surface area (Å²) in [6.45, 7) is 0.591. The van der Waals surface area contributed by atoms with E-state index in [1.807, 2.05) is 0 Å². The van der Waals surface area contributed by atoms with Crippen LogP contribution in [0.3, 0.4) is 0 Å². The third-order valence-electron chi connectivity index (χ3n) is 3.65. The molecule has 0 bridgehead atoms. The molecule has 0 radical (unpaired) electrons. The van der Waals surface area contributed by atoms with Crippen molar-refractivity contribution in [2.75, 3.05) is 13.2 Å². The molecule has 1 aromatic carbocycles. The summed E-state index contributed by atoms with van der Waals surface area (Å²) < 4.78 is 14.3. The van der Waals surface area contributed by atoms with Crippen LogP contribution in [0.1, 0.15) is 22.5 Å². The maximum atomic E-state index is 13.5. The van der Waals surface area contributed by atoms with Gasteiger partial charge in [0, 0.05) is 22.0 Å². The third-order valence-corrected chi connectivity index (χ3v) is 4.75. The minimum absolute atomic E-state index is 0.105. The monoisotopic (exact) mass is 279 g/mol. The van der Waals surface area contributed by atoms with E-state index < -0.39 is 0 Å². The van der Waals surface area contributed by atoms with Crippen molar-refractivity contribution in [1.82, 2.24) is 5.32 Å². The van der Waals surface area contributed by atoms with Crippen molar-refractivity contribution in [2.24, 2.45) is 5.41 Å². The zero-order chi connectivity index (χ0) is 13.5. The highest BCUT2D eigenvalue weighted by atomic mass is 32.1. The van der Waals surface area contributed by atoms with E-state index in [-0.39, 0.29) is 23.7 Å². The normalized spacial score (nSPS) is 16.5. The first-order valence-electron chi connectivity index (χ1n) is 6.21. The van der Waals surface area contributed by atoms with Gasteiger partial charge in [0.25, 0.3) is 5.91 Å². The largest absolute Gasteiger partial charge is 0.396 e. The van der Waals surface area contributed by atoms with Crippen LogP contribution in [0, 0.1) is 11.2 Å². The number of carbonyl (C=O) groups is 1. The molecule has 3 rings (SSSR count). The van der Waals surface area contributed by atoms with Gasteiger partial charge in [-0.1, -0.05) is 6.07 Å². The van der Waals surface area contributed by atoms with Crippen molar-refractivity contribution in [3.63, 3.8) is 0 Å². The van der Waals surface area contributed by atoms with Crippen molar-refractivity contribution < 1.29 is 14.3 Å². The molecule has 3 nitrogen and oxygen atoms in total. The number of amides is 1. The number of aliphatic hydroxyl groups is 1. The Morgan fingerprint density at radius 2 is 2.26 bits per heavy atom. The average Bonchev–Trinajstić information content (AvgIpc) is 3.06. The van der Waals surface area contributed by atoms with Crippen LogP contribution in [-0.2, 0) is 0 Å². The molecule has 1 heterocycles. The number of hydrogen-bond acceptors (Lipinski definition) is 3. The second-order valence-corrected chi connectivity index (χ2v) is 6.19. The fourth-order valence-electron chi connectivity index (χ4n) is 2.06. The van der Waals surface area contributed by atoms with E-state index in [4.69, 9.17) is 0 Å². The molecule has 0 atom stereocenters. The zero-order valence-corrected chi connectivity index (χ0v) is 11.1. The quantitative estimate of drug-likeness (QED) is 0.903. The number of benzene rings is 1. The minimum atomic E-state index is -0.304. The lowest BCUT2D eigenvalue weighted by Crippen LogP contribution is -2.31. The molecular weight excluding hydrogens is 265 g/mol. The van der Waals surface area contributed by atoms with E-state index in [0.717, 1.165) is 17.5 Å². The van der Waals surface area contributed by atoms with E-state index in [0.29, 0.717) is 16.8 Å². The summed E-state index contributed by atoms with van der Waals surface area (Å²) >= 11 is 1.28. The van der Waals surface area contributed by atoms with Gasteiger partial charge in [-0.05, 0) is 31.0 Å². The van der Waals surface area contributed by atoms with Crippen molar-refractivity contribution >= 4 is 27.3 Å².